The molecule has 0 atom stereocenters. The van der Waals surface area contributed by atoms with Gasteiger partial charge in [0.05, 0.1) is 0 Å². The molecule has 2 aromatic heterocycles. The SMILES string of the molecule is CCc1ccc(Br)nc1.CCc1cccnc1. The van der Waals surface area contributed by atoms with Crippen LogP contribution in [0.25, 0.3) is 0 Å². The maximum absolute atomic E-state index is 4.07. The second-order valence-electron chi connectivity index (χ2n) is 3.56. The molecule has 0 unspecified atom stereocenters. The second-order valence-corrected chi connectivity index (χ2v) is 4.37. The van der Waals surface area contributed by atoms with Crippen molar-refractivity contribution in [2.75, 3.05) is 0 Å². The van der Waals surface area contributed by atoms with Gasteiger partial charge in [-0.15, -0.1) is 0 Å². The number of hydrogen-bond donors (Lipinski definition) is 0. The number of nitrogens with zero attached hydrogens (tertiary/aromatic N) is 2. The summed E-state index contributed by atoms with van der Waals surface area (Å²) in [5.74, 6) is 0. The van der Waals surface area contributed by atoms with E-state index in [0.717, 1.165) is 17.4 Å². The first-order chi connectivity index (χ1) is 8.26. The minimum atomic E-state index is 0.903. The number of rotatable bonds is 2. The summed E-state index contributed by atoms with van der Waals surface area (Å²) in [7, 11) is 0. The van der Waals surface area contributed by atoms with Crippen LogP contribution in [0.4, 0.5) is 0 Å². The molecule has 0 saturated heterocycles. The van der Waals surface area contributed by atoms with E-state index in [9.17, 15) is 0 Å². The van der Waals surface area contributed by atoms with Crippen LogP contribution in [0, 0.1) is 0 Å². The molecule has 0 fully saturated rings. The van der Waals surface area contributed by atoms with Gasteiger partial charge in [-0.2, -0.15) is 0 Å². The van der Waals surface area contributed by atoms with Crippen molar-refractivity contribution in [3.63, 3.8) is 0 Å². The van der Waals surface area contributed by atoms with Crippen LogP contribution in [0.5, 0.6) is 0 Å². The van der Waals surface area contributed by atoms with E-state index < -0.39 is 0 Å². The summed E-state index contributed by atoms with van der Waals surface area (Å²) in [5.41, 5.74) is 2.57. The predicted octanol–water partition coefficient (Wildman–Crippen LogP) is 4.05. The fraction of sp³-hybridized carbons (Fsp3) is 0.286. The summed E-state index contributed by atoms with van der Waals surface area (Å²) in [6.07, 6.45) is 7.69. The molecule has 17 heavy (non-hydrogen) atoms. The van der Waals surface area contributed by atoms with E-state index in [-0.39, 0.29) is 0 Å². The van der Waals surface area contributed by atoms with Crippen LogP contribution in [-0.4, -0.2) is 9.97 Å². The molecule has 0 bridgehead atoms. The van der Waals surface area contributed by atoms with Crippen molar-refractivity contribution in [2.45, 2.75) is 26.7 Å². The van der Waals surface area contributed by atoms with Crippen molar-refractivity contribution in [1.82, 2.24) is 9.97 Å². The molecule has 0 amide bonds. The Morgan fingerprint density at radius 1 is 1.00 bits per heavy atom. The van der Waals surface area contributed by atoms with Gasteiger partial charge in [-0.3, -0.25) is 4.98 Å². The van der Waals surface area contributed by atoms with Crippen molar-refractivity contribution in [3.8, 4) is 0 Å². The van der Waals surface area contributed by atoms with E-state index in [1.54, 1.807) is 6.20 Å². The summed E-state index contributed by atoms with van der Waals surface area (Å²) >= 11 is 3.26. The Labute approximate surface area is 111 Å². The number of aromatic nitrogens is 2. The highest BCUT2D eigenvalue weighted by Crippen LogP contribution is 2.05. The molecule has 2 nitrogen and oxygen atoms in total. The second kappa shape index (κ2) is 7.96. The zero-order chi connectivity index (χ0) is 12.5. The molecule has 2 heterocycles. The lowest BCUT2D eigenvalue weighted by Crippen LogP contribution is -1.80. The van der Waals surface area contributed by atoms with Crippen LogP contribution < -0.4 is 0 Å². The first-order valence-corrected chi connectivity index (χ1v) is 6.54. The van der Waals surface area contributed by atoms with Crippen LogP contribution in [-0.2, 0) is 12.8 Å². The van der Waals surface area contributed by atoms with Gasteiger partial charge in [0, 0.05) is 18.6 Å². The van der Waals surface area contributed by atoms with E-state index >= 15 is 0 Å². The summed E-state index contributed by atoms with van der Waals surface area (Å²) in [6, 6.07) is 8.06. The van der Waals surface area contributed by atoms with Crippen LogP contribution in [0.1, 0.15) is 25.0 Å². The standard InChI is InChI=1S/C7H8BrN.C7H9N/c1-2-6-3-4-7(8)9-5-6;1-2-7-4-3-5-8-6-7/h3-5H,2H2,1H3;3-6H,2H2,1H3. The van der Waals surface area contributed by atoms with Gasteiger partial charge < -0.3 is 0 Å². The first-order valence-electron chi connectivity index (χ1n) is 5.75. The molecule has 2 rings (SSSR count). The van der Waals surface area contributed by atoms with Crippen molar-refractivity contribution >= 4 is 15.9 Å². The van der Waals surface area contributed by atoms with Crippen molar-refractivity contribution < 1.29 is 0 Å². The average molecular weight is 293 g/mol. The lowest BCUT2D eigenvalue weighted by molar-refractivity contribution is 1.09. The molecule has 3 heteroatoms. The molecule has 0 saturated carbocycles. The molecule has 0 radical (unpaired) electrons. The number of pyridine rings is 2. The lowest BCUT2D eigenvalue weighted by Gasteiger charge is -1.92. The Balaban J connectivity index is 0.000000171. The van der Waals surface area contributed by atoms with E-state index in [4.69, 9.17) is 0 Å². The molecule has 0 aliphatic carbocycles. The fourth-order valence-electron chi connectivity index (χ4n) is 1.22. The van der Waals surface area contributed by atoms with Gasteiger partial charge in [0.15, 0.2) is 0 Å². The predicted molar refractivity (Wildman–Crippen MR) is 74.9 cm³/mol. The Morgan fingerprint density at radius 3 is 2.12 bits per heavy atom. The van der Waals surface area contributed by atoms with Crippen molar-refractivity contribution in [2.24, 2.45) is 0 Å². The Morgan fingerprint density at radius 2 is 1.71 bits per heavy atom. The van der Waals surface area contributed by atoms with Crippen LogP contribution >= 0.6 is 15.9 Å². The molecule has 0 aliphatic rings. The third kappa shape index (κ3) is 5.59. The van der Waals surface area contributed by atoms with Gasteiger partial charge >= 0.3 is 0 Å². The lowest BCUT2D eigenvalue weighted by atomic mass is 10.2. The topological polar surface area (TPSA) is 25.8 Å². The van der Waals surface area contributed by atoms with Crippen LogP contribution in [0.2, 0.25) is 0 Å². The molecule has 0 aliphatic heterocycles. The molecule has 90 valence electrons. The molecule has 2 aromatic rings. The largest absolute Gasteiger partial charge is 0.264 e. The number of halogens is 1. The van der Waals surface area contributed by atoms with E-state index in [1.807, 2.05) is 24.5 Å². The fourth-order valence-corrected chi connectivity index (χ4v) is 1.46. The molecular weight excluding hydrogens is 276 g/mol. The highest BCUT2D eigenvalue weighted by atomic mass is 79.9. The monoisotopic (exact) mass is 292 g/mol. The minimum Gasteiger partial charge on any atom is -0.264 e. The average Bonchev–Trinajstić information content (AvgIpc) is 2.41. The van der Waals surface area contributed by atoms with Gasteiger partial charge in [0.2, 0.25) is 0 Å². The number of aryl methyl sites for hydroxylation is 2. The molecule has 0 N–H and O–H groups in total. The van der Waals surface area contributed by atoms with E-state index in [0.29, 0.717) is 0 Å². The van der Waals surface area contributed by atoms with Gasteiger partial charge in [-0.1, -0.05) is 26.0 Å². The summed E-state index contributed by atoms with van der Waals surface area (Å²) in [4.78, 5) is 8.02. The molecule has 0 spiro atoms. The highest BCUT2D eigenvalue weighted by Gasteiger charge is 1.87. The van der Waals surface area contributed by atoms with Gasteiger partial charge in [-0.25, -0.2) is 4.98 Å². The highest BCUT2D eigenvalue weighted by molar-refractivity contribution is 9.10. The van der Waals surface area contributed by atoms with E-state index in [1.165, 1.54) is 11.1 Å². The van der Waals surface area contributed by atoms with Crippen LogP contribution in [0.3, 0.4) is 0 Å². The Bertz CT molecular complexity index is 412. The zero-order valence-corrected chi connectivity index (χ0v) is 11.8. The minimum absolute atomic E-state index is 0.903. The smallest absolute Gasteiger partial charge is 0.106 e. The van der Waals surface area contributed by atoms with Gasteiger partial charge in [0.25, 0.3) is 0 Å². The third-order valence-corrected chi connectivity index (χ3v) is 2.80. The quantitative estimate of drug-likeness (QED) is 0.781. The summed E-state index contributed by atoms with van der Waals surface area (Å²) in [5, 5.41) is 0. The maximum Gasteiger partial charge on any atom is 0.106 e. The van der Waals surface area contributed by atoms with Crippen LogP contribution in [0.15, 0.2) is 47.5 Å². The Kier molecular flexibility index (Phi) is 6.48. The molecule has 0 aromatic carbocycles. The number of hydrogen-bond acceptors (Lipinski definition) is 2. The first kappa shape index (κ1) is 13.8. The van der Waals surface area contributed by atoms with Crippen molar-refractivity contribution in [1.29, 1.82) is 0 Å². The van der Waals surface area contributed by atoms with Crippen molar-refractivity contribution in [3.05, 3.63) is 58.6 Å². The van der Waals surface area contributed by atoms with E-state index in [2.05, 4.69) is 51.9 Å². The van der Waals surface area contributed by atoms with Gasteiger partial charge in [-0.05, 0) is 52.0 Å². The Hall–Kier alpha value is -1.22. The normalized spacial score (nSPS) is 9.35. The third-order valence-electron chi connectivity index (χ3n) is 2.33. The summed E-state index contributed by atoms with van der Waals surface area (Å²) < 4.78 is 0.903. The molecular formula is C14H17BrN2. The zero-order valence-electron chi connectivity index (χ0n) is 10.2. The summed E-state index contributed by atoms with van der Waals surface area (Å²) in [6.45, 7) is 4.24. The maximum atomic E-state index is 4.07. The van der Waals surface area contributed by atoms with Gasteiger partial charge in [0.1, 0.15) is 4.60 Å².